The van der Waals surface area contributed by atoms with E-state index in [-0.39, 0.29) is 6.10 Å². The Morgan fingerprint density at radius 3 is 2.71 bits per heavy atom. The molecule has 1 atom stereocenters. The first-order chi connectivity index (χ1) is 6.65. The minimum atomic E-state index is -0.139. The van der Waals surface area contributed by atoms with Gasteiger partial charge in [-0.15, -0.1) is 0 Å². The Kier molecular flexibility index (Phi) is 4.14. The van der Waals surface area contributed by atoms with E-state index in [1.807, 2.05) is 20.2 Å². The van der Waals surface area contributed by atoms with Crippen LogP contribution in [0.15, 0.2) is 6.33 Å². The third-order valence-corrected chi connectivity index (χ3v) is 2.75. The summed E-state index contributed by atoms with van der Waals surface area (Å²) in [6, 6.07) is 0. The average Bonchev–Trinajstić information content (AvgIpc) is 2.49. The summed E-state index contributed by atoms with van der Waals surface area (Å²) in [6.45, 7) is 7.08. The molecule has 3 nitrogen and oxygen atoms in total. The maximum absolute atomic E-state index is 9.39. The van der Waals surface area contributed by atoms with Crippen molar-refractivity contribution in [3.8, 4) is 0 Å². The lowest BCUT2D eigenvalue weighted by Gasteiger charge is -2.08. The highest BCUT2D eigenvalue weighted by atomic mass is 16.3. The molecule has 1 aromatic heterocycles. The number of aromatic nitrogens is 2. The number of aryl methyl sites for hydroxylation is 2. The second-order valence-electron chi connectivity index (χ2n) is 3.81. The molecule has 0 fully saturated rings. The highest BCUT2D eigenvalue weighted by molar-refractivity contribution is 5.08. The number of hydrogen-bond acceptors (Lipinski definition) is 2. The minimum absolute atomic E-state index is 0.139. The van der Waals surface area contributed by atoms with Gasteiger partial charge in [0.15, 0.2) is 0 Å². The Hall–Kier alpha value is -0.830. The quantitative estimate of drug-likeness (QED) is 0.782. The van der Waals surface area contributed by atoms with Gasteiger partial charge in [0.1, 0.15) is 0 Å². The molecule has 0 spiro atoms. The summed E-state index contributed by atoms with van der Waals surface area (Å²) < 4.78 is 2.15. The van der Waals surface area contributed by atoms with Gasteiger partial charge in [-0.1, -0.05) is 6.92 Å². The van der Waals surface area contributed by atoms with E-state index in [0.29, 0.717) is 0 Å². The highest BCUT2D eigenvalue weighted by Gasteiger charge is 2.03. The Bertz CT molecular complexity index is 281. The standard InChI is InChI=1S/C11H20N2O/c1-4-11(14)6-5-7-13-8-12-9(2)10(13)3/h8,11,14H,4-7H2,1-3H3. The highest BCUT2D eigenvalue weighted by Crippen LogP contribution is 2.08. The van der Waals surface area contributed by atoms with Gasteiger partial charge in [0, 0.05) is 12.2 Å². The van der Waals surface area contributed by atoms with Gasteiger partial charge < -0.3 is 9.67 Å². The monoisotopic (exact) mass is 196 g/mol. The molecule has 0 aliphatic carbocycles. The molecule has 14 heavy (non-hydrogen) atoms. The maximum Gasteiger partial charge on any atom is 0.0951 e. The summed E-state index contributed by atoms with van der Waals surface area (Å²) in [5.74, 6) is 0. The lowest BCUT2D eigenvalue weighted by Crippen LogP contribution is -2.07. The lowest BCUT2D eigenvalue weighted by atomic mass is 10.1. The maximum atomic E-state index is 9.39. The molecule has 0 amide bonds. The Labute approximate surface area is 85.8 Å². The number of hydrogen-bond donors (Lipinski definition) is 1. The summed E-state index contributed by atoms with van der Waals surface area (Å²) in [5, 5.41) is 9.39. The van der Waals surface area contributed by atoms with Gasteiger partial charge >= 0.3 is 0 Å². The Balaban J connectivity index is 2.35. The molecule has 1 unspecified atom stereocenters. The zero-order chi connectivity index (χ0) is 10.6. The van der Waals surface area contributed by atoms with E-state index in [9.17, 15) is 5.11 Å². The van der Waals surface area contributed by atoms with E-state index in [4.69, 9.17) is 0 Å². The van der Waals surface area contributed by atoms with Gasteiger partial charge in [-0.3, -0.25) is 0 Å². The third kappa shape index (κ3) is 2.84. The van der Waals surface area contributed by atoms with E-state index in [0.717, 1.165) is 31.5 Å². The van der Waals surface area contributed by atoms with Crippen LogP contribution in [-0.2, 0) is 6.54 Å². The molecule has 3 heteroatoms. The fourth-order valence-electron chi connectivity index (χ4n) is 1.47. The second kappa shape index (κ2) is 5.15. The molecule has 0 saturated heterocycles. The van der Waals surface area contributed by atoms with Crippen LogP contribution in [0, 0.1) is 13.8 Å². The number of aliphatic hydroxyl groups excluding tert-OH is 1. The molecular weight excluding hydrogens is 176 g/mol. The predicted octanol–water partition coefficient (Wildman–Crippen LogP) is 2.05. The lowest BCUT2D eigenvalue weighted by molar-refractivity contribution is 0.155. The second-order valence-corrected chi connectivity index (χ2v) is 3.81. The zero-order valence-electron chi connectivity index (χ0n) is 9.32. The van der Waals surface area contributed by atoms with Crippen LogP contribution in [0.1, 0.15) is 37.6 Å². The SMILES string of the molecule is CCC(O)CCCn1cnc(C)c1C. The van der Waals surface area contributed by atoms with Gasteiger partial charge in [0.25, 0.3) is 0 Å². The summed E-state index contributed by atoms with van der Waals surface area (Å²) in [4.78, 5) is 4.23. The summed E-state index contributed by atoms with van der Waals surface area (Å²) in [7, 11) is 0. The minimum Gasteiger partial charge on any atom is -0.393 e. The van der Waals surface area contributed by atoms with Crippen molar-refractivity contribution in [2.24, 2.45) is 0 Å². The molecule has 1 N–H and O–H groups in total. The van der Waals surface area contributed by atoms with Gasteiger partial charge in [-0.25, -0.2) is 4.98 Å². The van der Waals surface area contributed by atoms with Crippen molar-refractivity contribution in [1.82, 2.24) is 9.55 Å². The predicted molar refractivity (Wildman–Crippen MR) is 57.2 cm³/mol. The number of aliphatic hydroxyl groups is 1. The van der Waals surface area contributed by atoms with Crippen LogP contribution in [0.3, 0.4) is 0 Å². The zero-order valence-corrected chi connectivity index (χ0v) is 9.32. The van der Waals surface area contributed by atoms with E-state index >= 15 is 0 Å². The molecule has 0 radical (unpaired) electrons. The van der Waals surface area contributed by atoms with Crippen molar-refractivity contribution in [2.75, 3.05) is 0 Å². The smallest absolute Gasteiger partial charge is 0.0951 e. The summed E-state index contributed by atoms with van der Waals surface area (Å²) >= 11 is 0. The molecule has 1 aromatic rings. The fourth-order valence-corrected chi connectivity index (χ4v) is 1.47. The van der Waals surface area contributed by atoms with Crippen LogP contribution in [0.25, 0.3) is 0 Å². The normalized spacial score (nSPS) is 13.1. The molecule has 1 heterocycles. The van der Waals surface area contributed by atoms with Gasteiger partial charge in [-0.2, -0.15) is 0 Å². The first-order valence-electron chi connectivity index (χ1n) is 5.31. The average molecular weight is 196 g/mol. The topological polar surface area (TPSA) is 38.0 Å². The molecule has 0 aliphatic rings. The van der Waals surface area contributed by atoms with Crippen LogP contribution in [-0.4, -0.2) is 20.8 Å². The Morgan fingerprint density at radius 1 is 1.50 bits per heavy atom. The van der Waals surface area contributed by atoms with E-state index in [1.165, 1.54) is 5.69 Å². The Morgan fingerprint density at radius 2 is 2.21 bits per heavy atom. The van der Waals surface area contributed by atoms with E-state index < -0.39 is 0 Å². The van der Waals surface area contributed by atoms with Gasteiger partial charge in [-0.05, 0) is 33.1 Å². The van der Waals surface area contributed by atoms with Crippen molar-refractivity contribution in [1.29, 1.82) is 0 Å². The molecule has 0 bridgehead atoms. The first kappa shape index (κ1) is 11.2. The van der Waals surface area contributed by atoms with E-state index in [2.05, 4.69) is 16.5 Å². The van der Waals surface area contributed by atoms with Crippen LogP contribution in [0.4, 0.5) is 0 Å². The first-order valence-corrected chi connectivity index (χ1v) is 5.31. The van der Waals surface area contributed by atoms with Crippen molar-refractivity contribution in [3.05, 3.63) is 17.7 Å². The molecule has 0 aliphatic heterocycles. The van der Waals surface area contributed by atoms with Gasteiger partial charge in [0.2, 0.25) is 0 Å². The van der Waals surface area contributed by atoms with Crippen molar-refractivity contribution in [3.63, 3.8) is 0 Å². The number of nitrogens with zero attached hydrogens (tertiary/aromatic N) is 2. The van der Waals surface area contributed by atoms with Crippen LogP contribution >= 0.6 is 0 Å². The van der Waals surface area contributed by atoms with E-state index in [1.54, 1.807) is 0 Å². The molecular formula is C11H20N2O. The molecule has 0 saturated carbocycles. The van der Waals surface area contributed by atoms with Crippen molar-refractivity contribution in [2.45, 2.75) is 52.7 Å². The van der Waals surface area contributed by atoms with Crippen LogP contribution in [0.2, 0.25) is 0 Å². The summed E-state index contributed by atoms with van der Waals surface area (Å²) in [5.41, 5.74) is 2.33. The van der Waals surface area contributed by atoms with Gasteiger partial charge in [0.05, 0.1) is 18.1 Å². The van der Waals surface area contributed by atoms with Crippen LogP contribution < -0.4 is 0 Å². The number of imidazole rings is 1. The molecule has 0 aromatic carbocycles. The van der Waals surface area contributed by atoms with Crippen LogP contribution in [0.5, 0.6) is 0 Å². The van der Waals surface area contributed by atoms with Crippen molar-refractivity contribution >= 4 is 0 Å². The number of rotatable bonds is 5. The fraction of sp³-hybridized carbons (Fsp3) is 0.727. The summed E-state index contributed by atoms with van der Waals surface area (Å²) in [6.07, 6.45) is 4.49. The third-order valence-electron chi connectivity index (χ3n) is 2.75. The largest absolute Gasteiger partial charge is 0.393 e. The molecule has 1 rings (SSSR count). The molecule has 80 valence electrons. The van der Waals surface area contributed by atoms with Crippen molar-refractivity contribution < 1.29 is 5.11 Å².